The lowest BCUT2D eigenvalue weighted by molar-refractivity contribution is 0.102. The first-order valence-electron chi connectivity index (χ1n) is 10.6. The van der Waals surface area contributed by atoms with Crippen LogP contribution in [0.3, 0.4) is 0 Å². The number of sulfonamides is 1. The van der Waals surface area contributed by atoms with Crippen molar-refractivity contribution in [3.05, 3.63) is 106 Å². The number of amides is 1. The Morgan fingerprint density at radius 1 is 0.943 bits per heavy atom. The Hall–Kier alpha value is -4.18. The Balaban J connectivity index is 1.60. The molecule has 10 heteroatoms. The minimum atomic E-state index is -4.08. The highest BCUT2D eigenvalue weighted by molar-refractivity contribution is 7.92. The number of carbonyl (C=O) groups is 1. The van der Waals surface area contributed by atoms with Gasteiger partial charge in [0, 0.05) is 18.3 Å². The molecule has 180 valence electrons. The third-order valence-electron chi connectivity index (χ3n) is 5.62. The molecule has 0 fully saturated rings. The molecule has 0 aliphatic heterocycles. The Morgan fingerprint density at radius 3 is 2.34 bits per heavy atom. The number of hydrogen-bond donors (Lipinski definition) is 2. The van der Waals surface area contributed by atoms with Gasteiger partial charge < -0.3 is 5.32 Å². The number of rotatable bonds is 6. The van der Waals surface area contributed by atoms with Crippen molar-refractivity contribution in [1.82, 2.24) is 9.36 Å². The summed E-state index contributed by atoms with van der Waals surface area (Å²) in [7, 11) is -2.37. The number of carbonyl (C=O) groups excluding carboxylic acids is 1. The standard InChI is InChI=1S/C25H23FN4O4S/c1-16-12-13-21(15-22(16)26)35(33,34)28-19-9-7-8-18(14-19)24(31)27-23-17(2)29(3)30(25(23)32)20-10-5-4-6-11-20/h4-15,28H,1-3H3,(H,27,31). The van der Waals surface area contributed by atoms with E-state index in [9.17, 15) is 22.4 Å². The van der Waals surface area contributed by atoms with Crippen LogP contribution in [0.5, 0.6) is 0 Å². The summed E-state index contributed by atoms with van der Waals surface area (Å²) in [6, 6.07) is 18.4. The second-order valence-electron chi connectivity index (χ2n) is 7.99. The van der Waals surface area contributed by atoms with Gasteiger partial charge in [-0.1, -0.05) is 30.3 Å². The largest absolute Gasteiger partial charge is 0.316 e. The van der Waals surface area contributed by atoms with Gasteiger partial charge in [0.05, 0.1) is 16.3 Å². The number of para-hydroxylation sites is 1. The predicted molar refractivity (Wildman–Crippen MR) is 132 cm³/mol. The van der Waals surface area contributed by atoms with Crippen molar-refractivity contribution < 1.29 is 17.6 Å². The van der Waals surface area contributed by atoms with Crippen LogP contribution in [-0.4, -0.2) is 23.7 Å². The monoisotopic (exact) mass is 494 g/mol. The number of aromatic nitrogens is 2. The molecule has 1 amide bonds. The van der Waals surface area contributed by atoms with Crippen molar-refractivity contribution in [2.75, 3.05) is 10.0 Å². The third kappa shape index (κ3) is 4.73. The quantitative estimate of drug-likeness (QED) is 0.423. The van der Waals surface area contributed by atoms with Crippen molar-refractivity contribution in [2.24, 2.45) is 7.05 Å². The molecule has 0 spiro atoms. The van der Waals surface area contributed by atoms with Gasteiger partial charge in [-0.2, -0.15) is 0 Å². The van der Waals surface area contributed by atoms with Crippen molar-refractivity contribution in [1.29, 1.82) is 0 Å². The minimum absolute atomic E-state index is 0.113. The van der Waals surface area contributed by atoms with Crippen molar-refractivity contribution >= 4 is 27.3 Å². The van der Waals surface area contributed by atoms with Crippen LogP contribution < -0.4 is 15.6 Å². The fraction of sp³-hybridized carbons (Fsp3) is 0.120. The van der Waals surface area contributed by atoms with Crippen LogP contribution in [-0.2, 0) is 17.1 Å². The van der Waals surface area contributed by atoms with Gasteiger partial charge in [0.15, 0.2) is 0 Å². The molecule has 0 saturated heterocycles. The molecule has 4 rings (SSSR count). The molecule has 0 aliphatic carbocycles. The first-order chi connectivity index (χ1) is 16.6. The van der Waals surface area contributed by atoms with Gasteiger partial charge in [0.1, 0.15) is 11.5 Å². The molecule has 3 aromatic carbocycles. The molecule has 2 N–H and O–H groups in total. The molecule has 1 aromatic heterocycles. The summed E-state index contributed by atoms with van der Waals surface area (Å²) >= 11 is 0. The first-order valence-corrected chi connectivity index (χ1v) is 12.1. The van der Waals surface area contributed by atoms with Crippen LogP contribution in [0, 0.1) is 19.7 Å². The summed E-state index contributed by atoms with van der Waals surface area (Å²) in [5.74, 6) is -1.22. The maximum atomic E-state index is 13.9. The fourth-order valence-corrected chi connectivity index (χ4v) is 4.64. The van der Waals surface area contributed by atoms with Crippen LogP contribution in [0.4, 0.5) is 15.8 Å². The fourth-order valence-electron chi connectivity index (χ4n) is 3.58. The Morgan fingerprint density at radius 2 is 1.66 bits per heavy atom. The van der Waals surface area contributed by atoms with Crippen LogP contribution in [0.15, 0.2) is 82.5 Å². The molecular formula is C25H23FN4O4S. The number of nitrogens with one attached hydrogen (secondary N) is 2. The van der Waals surface area contributed by atoms with Gasteiger partial charge >= 0.3 is 0 Å². The van der Waals surface area contributed by atoms with E-state index in [2.05, 4.69) is 10.0 Å². The summed E-state index contributed by atoms with van der Waals surface area (Å²) in [5.41, 5.74) is 1.48. The minimum Gasteiger partial charge on any atom is -0.316 e. The summed E-state index contributed by atoms with van der Waals surface area (Å²) in [4.78, 5) is 25.8. The number of anilines is 2. The number of aryl methyl sites for hydroxylation is 1. The highest BCUT2D eigenvalue weighted by Crippen LogP contribution is 2.21. The van der Waals surface area contributed by atoms with E-state index in [-0.39, 0.29) is 21.8 Å². The van der Waals surface area contributed by atoms with E-state index < -0.39 is 27.3 Å². The Labute approximate surface area is 201 Å². The van der Waals surface area contributed by atoms with E-state index in [0.29, 0.717) is 16.9 Å². The van der Waals surface area contributed by atoms with E-state index in [1.165, 1.54) is 48.0 Å². The van der Waals surface area contributed by atoms with Crippen LogP contribution in [0.2, 0.25) is 0 Å². The maximum absolute atomic E-state index is 13.9. The normalized spacial score (nSPS) is 11.3. The first kappa shape index (κ1) is 24.0. The zero-order valence-electron chi connectivity index (χ0n) is 19.2. The molecule has 0 bridgehead atoms. The second-order valence-corrected chi connectivity index (χ2v) is 9.67. The van der Waals surface area contributed by atoms with E-state index in [4.69, 9.17) is 0 Å². The summed E-state index contributed by atoms with van der Waals surface area (Å²) < 4.78 is 44.6. The smallest absolute Gasteiger partial charge is 0.295 e. The molecule has 4 aromatic rings. The highest BCUT2D eigenvalue weighted by Gasteiger charge is 2.20. The van der Waals surface area contributed by atoms with Crippen molar-refractivity contribution in [2.45, 2.75) is 18.7 Å². The molecule has 0 aliphatic rings. The van der Waals surface area contributed by atoms with Crippen LogP contribution in [0.1, 0.15) is 21.6 Å². The van der Waals surface area contributed by atoms with Gasteiger partial charge in [-0.15, -0.1) is 0 Å². The number of halogens is 1. The van der Waals surface area contributed by atoms with Crippen molar-refractivity contribution in [3.63, 3.8) is 0 Å². The van der Waals surface area contributed by atoms with Gasteiger partial charge in [0.2, 0.25) is 0 Å². The summed E-state index contributed by atoms with van der Waals surface area (Å²) in [5, 5.41) is 2.64. The molecule has 35 heavy (non-hydrogen) atoms. The molecule has 0 radical (unpaired) electrons. The average molecular weight is 495 g/mol. The average Bonchev–Trinajstić information content (AvgIpc) is 3.04. The molecular weight excluding hydrogens is 471 g/mol. The second kappa shape index (κ2) is 9.22. The van der Waals surface area contributed by atoms with Gasteiger partial charge in [0.25, 0.3) is 21.5 Å². The highest BCUT2D eigenvalue weighted by atomic mass is 32.2. The number of benzene rings is 3. The third-order valence-corrected chi connectivity index (χ3v) is 7.00. The SMILES string of the molecule is Cc1ccc(S(=O)(=O)Nc2cccc(C(=O)Nc3c(C)n(C)n(-c4ccccc4)c3=O)c2)cc1F. The van der Waals surface area contributed by atoms with E-state index in [1.54, 1.807) is 42.9 Å². The molecule has 0 atom stereocenters. The summed E-state index contributed by atoms with van der Waals surface area (Å²) in [6.07, 6.45) is 0. The van der Waals surface area contributed by atoms with Gasteiger partial charge in [-0.25, -0.2) is 17.5 Å². The van der Waals surface area contributed by atoms with Gasteiger partial charge in [-0.3, -0.25) is 19.0 Å². The van der Waals surface area contributed by atoms with Crippen LogP contribution in [0.25, 0.3) is 5.69 Å². The molecule has 8 nitrogen and oxygen atoms in total. The van der Waals surface area contributed by atoms with E-state index >= 15 is 0 Å². The van der Waals surface area contributed by atoms with E-state index in [0.717, 1.165) is 6.07 Å². The van der Waals surface area contributed by atoms with E-state index in [1.807, 2.05) is 6.07 Å². The Bertz CT molecular complexity index is 1590. The van der Waals surface area contributed by atoms with Crippen LogP contribution >= 0.6 is 0 Å². The molecule has 1 heterocycles. The van der Waals surface area contributed by atoms with Gasteiger partial charge in [-0.05, 0) is 61.9 Å². The molecule has 0 saturated carbocycles. The number of nitrogens with zero attached hydrogens (tertiary/aromatic N) is 2. The topological polar surface area (TPSA) is 102 Å². The lowest BCUT2D eigenvalue weighted by atomic mass is 10.2. The lowest BCUT2D eigenvalue weighted by Gasteiger charge is -2.10. The zero-order chi connectivity index (χ0) is 25.3. The Kier molecular flexibility index (Phi) is 6.31. The predicted octanol–water partition coefficient (Wildman–Crippen LogP) is 3.99. The zero-order valence-corrected chi connectivity index (χ0v) is 20.1. The number of hydrogen-bond acceptors (Lipinski definition) is 4. The molecule has 0 unspecified atom stereocenters. The lowest BCUT2D eigenvalue weighted by Crippen LogP contribution is -2.23. The summed E-state index contributed by atoms with van der Waals surface area (Å²) in [6.45, 7) is 3.24. The maximum Gasteiger partial charge on any atom is 0.295 e. The van der Waals surface area contributed by atoms with Crippen molar-refractivity contribution in [3.8, 4) is 5.69 Å².